The predicted molar refractivity (Wildman–Crippen MR) is 80.6 cm³/mol. The van der Waals surface area contributed by atoms with E-state index in [1.807, 2.05) is 18.2 Å². The summed E-state index contributed by atoms with van der Waals surface area (Å²) < 4.78 is 11.1. The largest absolute Gasteiger partial charge is 0.490 e. The van der Waals surface area contributed by atoms with Crippen LogP contribution < -0.4 is 10.1 Å². The Morgan fingerprint density at radius 2 is 2.23 bits per heavy atom. The molecule has 114 valence electrons. The maximum atomic E-state index is 11.8. The van der Waals surface area contributed by atoms with Gasteiger partial charge >= 0.3 is 0 Å². The van der Waals surface area contributed by atoms with E-state index in [-0.39, 0.29) is 18.4 Å². The third-order valence-corrected chi connectivity index (χ3v) is 4.02. The monoisotopic (exact) mass is 298 g/mol. The Morgan fingerprint density at radius 3 is 3.05 bits per heavy atom. The molecule has 2 aromatic rings. The quantitative estimate of drug-likeness (QED) is 0.942. The van der Waals surface area contributed by atoms with E-state index in [1.165, 1.54) is 5.56 Å². The number of nitrogens with one attached hydrogen (secondary N) is 1. The normalized spacial score (nSPS) is 19.6. The minimum Gasteiger partial charge on any atom is -0.490 e. The molecule has 1 aromatic carbocycles. The van der Waals surface area contributed by atoms with Crippen LogP contribution in [0.15, 0.2) is 28.8 Å². The van der Waals surface area contributed by atoms with Crippen molar-refractivity contribution in [2.24, 2.45) is 0 Å². The van der Waals surface area contributed by atoms with Gasteiger partial charge in [-0.15, -0.1) is 0 Å². The number of carbonyl (C=O) groups is 1. The Kier molecular flexibility index (Phi) is 3.13. The number of aromatic nitrogens is 1. The van der Waals surface area contributed by atoms with Gasteiger partial charge in [0.15, 0.2) is 5.76 Å². The molecule has 1 aromatic heterocycles. The lowest BCUT2D eigenvalue weighted by molar-refractivity contribution is -0.120. The molecule has 0 radical (unpaired) electrons. The molecular formula is C17H18N2O3. The highest BCUT2D eigenvalue weighted by atomic mass is 16.5. The zero-order valence-corrected chi connectivity index (χ0v) is 12.5. The third kappa shape index (κ3) is 2.71. The van der Waals surface area contributed by atoms with Gasteiger partial charge < -0.3 is 14.6 Å². The van der Waals surface area contributed by atoms with Gasteiger partial charge in [-0.05, 0) is 43.5 Å². The Hall–Kier alpha value is -2.30. The van der Waals surface area contributed by atoms with Crippen molar-refractivity contribution in [3.05, 3.63) is 35.5 Å². The summed E-state index contributed by atoms with van der Waals surface area (Å²) in [5.74, 6) is 1.65. The van der Waals surface area contributed by atoms with Crippen LogP contribution in [0.25, 0.3) is 11.3 Å². The van der Waals surface area contributed by atoms with Crippen LogP contribution in [0.4, 0.5) is 0 Å². The van der Waals surface area contributed by atoms with Crippen LogP contribution in [-0.4, -0.2) is 23.2 Å². The molecule has 1 amide bonds. The summed E-state index contributed by atoms with van der Waals surface area (Å²) >= 11 is 0. The van der Waals surface area contributed by atoms with E-state index in [0.29, 0.717) is 17.5 Å². The Morgan fingerprint density at radius 1 is 1.36 bits per heavy atom. The first-order chi connectivity index (χ1) is 10.7. The minimum absolute atomic E-state index is 0.0125. The summed E-state index contributed by atoms with van der Waals surface area (Å²) in [5.41, 5.74) is 2.82. The van der Waals surface area contributed by atoms with Crippen LogP contribution in [0.5, 0.6) is 5.75 Å². The second-order valence-electron chi connectivity index (χ2n) is 6.16. The van der Waals surface area contributed by atoms with E-state index in [4.69, 9.17) is 9.26 Å². The second-order valence-corrected chi connectivity index (χ2v) is 6.16. The number of hydrogen-bond donors (Lipinski definition) is 1. The Balaban J connectivity index is 1.49. The lowest BCUT2D eigenvalue weighted by Gasteiger charge is -2.02. The van der Waals surface area contributed by atoms with Crippen LogP contribution >= 0.6 is 0 Å². The molecule has 1 aliphatic heterocycles. The van der Waals surface area contributed by atoms with E-state index < -0.39 is 0 Å². The highest BCUT2D eigenvalue weighted by molar-refractivity contribution is 5.79. The number of nitrogens with zero attached hydrogens (tertiary/aromatic N) is 1. The van der Waals surface area contributed by atoms with Gasteiger partial charge in [0.2, 0.25) is 5.91 Å². The van der Waals surface area contributed by atoms with Crippen molar-refractivity contribution in [3.8, 4) is 17.1 Å². The fourth-order valence-corrected chi connectivity index (χ4v) is 2.78. The number of fused-ring (bicyclic) bond motifs is 1. The first-order valence-corrected chi connectivity index (χ1v) is 7.72. The van der Waals surface area contributed by atoms with Crippen molar-refractivity contribution in [1.29, 1.82) is 0 Å². The summed E-state index contributed by atoms with van der Waals surface area (Å²) in [4.78, 5) is 11.8. The average Bonchev–Trinajstić information content (AvgIpc) is 3.03. The average molecular weight is 298 g/mol. The van der Waals surface area contributed by atoms with Crippen molar-refractivity contribution >= 4 is 5.91 Å². The predicted octanol–water partition coefficient (Wildman–Crippen LogP) is 2.49. The van der Waals surface area contributed by atoms with E-state index in [0.717, 1.165) is 30.6 Å². The number of ether oxygens (including phenoxy) is 1. The van der Waals surface area contributed by atoms with E-state index in [1.54, 1.807) is 0 Å². The topological polar surface area (TPSA) is 64.4 Å². The fourth-order valence-electron chi connectivity index (χ4n) is 2.78. The number of carbonyl (C=O) groups excluding carboxylic acids is 1. The molecule has 1 unspecified atom stereocenters. The maximum absolute atomic E-state index is 11.8. The molecule has 1 fully saturated rings. The molecule has 5 nitrogen and oxygen atoms in total. The molecule has 1 saturated carbocycles. The van der Waals surface area contributed by atoms with Crippen molar-refractivity contribution in [3.63, 3.8) is 0 Å². The Labute approximate surface area is 128 Å². The van der Waals surface area contributed by atoms with Gasteiger partial charge in [-0.3, -0.25) is 4.79 Å². The molecule has 4 rings (SSSR count). The molecule has 2 aliphatic rings. The summed E-state index contributed by atoms with van der Waals surface area (Å²) in [6.07, 6.45) is 3.58. The zero-order valence-electron chi connectivity index (χ0n) is 12.5. The number of rotatable bonds is 4. The van der Waals surface area contributed by atoms with Gasteiger partial charge in [0.1, 0.15) is 11.9 Å². The molecule has 22 heavy (non-hydrogen) atoms. The molecule has 0 spiro atoms. The Bertz CT molecular complexity index is 718. The summed E-state index contributed by atoms with van der Waals surface area (Å²) in [6, 6.07) is 8.22. The molecular weight excluding hydrogens is 280 g/mol. The van der Waals surface area contributed by atoms with Gasteiger partial charge in [0.05, 0.1) is 12.1 Å². The van der Waals surface area contributed by atoms with Gasteiger partial charge in [0, 0.05) is 24.1 Å². The van der Waals surface area contributed by atoms with Gasteiger partial charge in [0.25, 0.3) is 0 Å². The molecule has 1 aliphatic carbocycles. The lowest BCUT2D eigenvalue weighted by Crippen LogP contribution is -2.27. The summed E-state index contributed by atoms with van der Waals surface area (Å²) in [5, 5.41) is 6.95. The standard InChI is InChI=1S/C17H18N2O3/c1-10-6-12-7-11(2-5-15(12)21-10)16-8-14(19-22-16)9-17(20)18-13-3-4-13/h2,5,7-8,10,13H,3-4,6,9H2,1H3,(H,18,20). The highest BCUT2D eigenvalue weighted by Gasteiger charge is 2.24. The number of amides is 1. The van der Waals surface area contributed by atoms with Gasteiger partial charge in [-0.25, -0.2) is 0 Å². The van der Waals surface area contributed by atoms with Crippen molar-refractivity contribution in [2.75, 3.05) is 0 Å². The molecule has 1 atom stereocenters. The van der Waals surface area contributed by atoms with Crippen LogP contribution in [0.1, 0.15) is 31.0 Å². The van der Waals surface area contributed by atoms with Crippen molar-refractivity contribution in [2.45, 2.75) is 44.8 Å². The molecule has 0 bridgehead atoms. The first-order valence-electron chi connectivity index (χ1n) is 7.72. The van der Waals surface area contributed by atoms with Crippen LogP contribution in [0.3, 0.4) is 0 Å². The second kappa shape index (κ2) is 5.16. The SMILES string of the molecule is CC1Cc2cc(-c3cc(CC(=O)NC4CC4)no3)ccc2O1. The van der Waals surface area contributed by atoms with Crippen LogP contribution in [-0.2, 0) is 17.6 Å². The lowest BCUT2D eigenvalue weighted by atomic mass is 10.1. The molecule has 1 N–H and O–H groups in total. The van der Waals surface area contributed by atoms with Crippen molar-refractivity contribution in [1.82, 2.24) is 10.5 Å². The van der Waals surface area contributed by atoms with E-state index in [9.17, 15) is 4.79 Å². The van der Waals surface area contributed by atoms with Gasteiger partial charge in [-0.1, -0.05) is 5.16 Å². The van der Waals surface area contributed by atoms with Crippen molar-refractivity contribution < 1.29 is 14.1 Å². The summed E-state index contributed by atoms with van der Waals surface area (Å²) in [6.45, 7) is 2.06. The van der Waals surface area contributed by atoms with E-state index >= 15 is 0 Å². The first kappa shape index (κ1) is 13.4. The van der Waals surface area contributed by atoms with Crippen LogP contribution in [0, 0.1) is 0 Å². The molecule has 2 heterocycles. The smallest absolute Gasteiger partial charge is 0.226 e. The van der Waals surface area contributed by atoms with Crippen LogP contribution in [0.2, 0.25) is 0 Å². The highest BCUT2D eigenvalue weighted by Crippen LogP contribution is 2.33. The number of benzene rings is 1. The zero-order chi connectivity index (χ0) is 15.1. The molecule has 0 saturated heterocycles. The van der Waals surface area contributed by atoms with Gasteiger partial charge in [-0.2, -0.15) is 0 Å². The maximum Gasteiger partial charge on any atom is 0.226 e. The minimum atomic E-state index is 0.0125. The summed E-state index contributed by atoms with van der Waals surface area (Å²) in [7, 11) is 0. The third-order valence-electron chi connectivity index (χ3n) is 4.02. The number of hydrogen-bond acceptors (Lipinski definition) is 4. The van der Waals surface area contributed by atoms with E-state index in [2.05, 4.69) is 23.5 Å². The fraction of sp³-hybridized carbons (Fsp3) is 0.412. The molecule has 5 heteroatoms.